The van der Waals surface area contributed by atoms with Gasteiger partial charge in [-0.05, 0) is 61.9 Å². The smallest absolute Gasteiger partial charge is 0.222 e. The van der Waals surface area contributed by atoms with Crippen molar-refractivity contribution < 1.29 is 4.79 Å². The molecule has 0 radical (unpaired) electrons. The normalized spacial score (nSPS) is 10.8. The molecule has 0 aliphatic heterocycles. The molecule has 0 amide bonds. The van der Waals surface area contributed by atoms with Gasteiger partial charge in [-0.3, -0.25) is 9.78 Å². The van der Waals surface area contributed by atoms with E-state index in [1.54, 1.807) is 12.3 Å². The molecule has 0 aliphatic carbocycles. The van der Waals surface area contributed by atoms with Crippen molar-refractivity contribution in [1.82, 2.24) is 15.0 Å². The number of rotatable bonds is 7. The highest BCUT2D eigenvalue weighted by atomic mass is 16.1. The summed E-state index contributed by atoms with van der Waals surface area (Å²) in [6.45, 7) is 3.92. The topological polar surface area (TPSA) is 106 Å². The summed E-state index contributed by atoms with van der Waals surface area (Å²) in [7, 11) is 0. The van der Waals surface area contributed by atoms with Crippen molar-refractivity contribution in [1.29, 1.82) is 0 Å². The second-order valence-corrected chi connectivity index (χ2v) is 8.76. The van der Waals surface area contributed by atoms with Crippen LogP contribution in [0.15, 0.2) is 85.1 Å². The number of aryl methyl sites for hydroxylation is 2. The summed E-state index contributed by atoms with van der Waals surface area (Å²) in [6, 6.07) is 25.3. The van der Waals surface area contributed by atoms with Crippen molar-refractivity contribution >= 4 is 45.5 Å². The number of carbonyl (C=O) groups excluding carboxylic acids is 1. The van der Waals surface area contributed by atoms with E-state index in [0.29, 0.717) is 17.8 Å². The predicted molar refractivity (Wildman–Crippen MR) is 145 cm³/mol. The Balaban J connectivity index is 1.27. The highest BCUT2D eigenvalue weighted by Gasteiger charge is 2.10. The molecule has 0 saturated carbocycles. The largest absolute Gasteiger partial charge is 0.368 e. The van der Waals surface area contributed by atoms with Crippen molar-refractivity contribution in [2.45, 2.75) is 20.3 Å². The Morgan fingerprint density at radius 3 is 2.50 bits per heavy atom. The molecular weight excluding hydrogens is 448 g/mol. The first kappa shape index (κ1) is 23.0. The van der Waals surface area contributed by atoms with Crippen LogP contribution in [0, 0.1) is 13.8 Å². The van der Waals surface area contributed by atoms with Crippen LogP contribution < -0.4 is 16.4 Å². The maximum atomic E-state index is 13.0. The van der Waals surface area contributed by atoms with Crippen molar-refractivity contribution in [2.24, 2.45) is 0 Å². The molecule has 7 nitrogen and oxygen atoms in total. The number of aromatic nitrogens is 3. The van der Waals surface area contributed by atoms with E-state index in [4.69, 9.17) is 5.73 Å². The molecule has 4 N–H and O–H groups in total. The number of ketones is 1. The van der Waals surface area contributed by atoms with Crippen molar-refractivity contribution in [3.8, 4) is 0 Å². The fourth-order valence-electron chi connectivity index (χ4n) is 4.09. The SMILES string of the molecule is Cc1ccc2nccc(Nc3ccc(CC(=O)c4cccc(Nc5cc(C)nc(N)n5)c4)cc3)c2c1. The zero-order valence-corrected chi connectivity index (χ0v) is 20.1. The molecule has 0 aliphatic rings. The van der Waals surface area contributed by atoms with E-state index in [-0.39, 0.29) is 11.7 Å². The molecule has 36 heavy (non-hydrogen) atoms. The van der Waals surface area contributed by atoms with Gasteiger partial charge in [0.15, 0.2) is 5.78 Å². The summed E-state index contributed by atoms with van der Waals surface area (Å²) >= 11 is 0. The molecule has 0 unspecified atom stereocenters. The van der Waals surface area contributed by atoms with E-state index in [0.717, 1.165) is 39.2 Å². The summed E-state index contributed by atoms with van der Waals surface area (Å²) in [5.41, 5.74) is 12.9. The number of carbonyl (C=O) groups is 1. The summed E-state index contributed by atoms with van der Waals surface area (Å²) < 4.78 is 0. The van der Waals surface area contributed by atoms with E-state index in [1.807, 2.05) is 67.6 Å². The fraction of sp³-hybridized carbons (Fsp3) is 0.103. The molecule has 3 aromatic carbocycles. The van der Waals surface area contributed by atoms with E-state index in [9.17, 15) is 4.79 Å². The van der Waals surface area contributed by atoms with Gasteiger partial charge in [-0.15, -0.1) is 0 Å². The Morgan fingerprint density at radius 2 is 1.69 bits per heavy atom. The number of nitrogen functional groups attached to an aromatic ring is 1. The summed E-state index contributed by atoms with van der Waals surface area (Å²) in [6.07, 6.45) is 2.11. The van der Waals surface area contributed by atoms with E-state index >= 15 is 0 Å². The Kier molecular flexibility index (Phi) is 6.28. The number of benzene rings is 3. The van der Waals surface area contributed by atoms with Gasteiger partial charge in [0, 0.05) is 52.4 Å². The highest BCUT2D eigenvalue weighted by molar-refractivity contribution is 5.98. The zero-order valence-electron chi connectivity index (χ0n) is 20.1. The first-order valence-electron chi connectivity index (χ1n) is 11.7. The number of hydrogen-bond acceptors (Lipinski definition) is 7. The molecule has 7 heteroatoms. The van der Waals surface area contributed by atoms with Gasteiger partial charge in [0.05, 0.1) is 5.52 Å². The number of nitrogens with one attached hydrogen (secondary N) is 2. The molecule has 0 bridgehead atoms. The number of hydrogen-bond donors (Lipinski definition) is 3. The first-order valence-corrected chi connectivity index (χ1v) is 11.7. The lowest BCUT2D eigenvalue weighted by Gasteiger charge is -2.11. The molecule has 178 valence electrons. The number of nitrogens with two attached hydrogens (primary N) is 1. The maximum absolute atomic E-state index is 13.0. The van der Waals surface area contributed by atoms with Gasteiger partial charge in [0.25, 0.3) is 0 Å². The van der Waals surface area contributed by atoms with Crippen LogP contribution in [-0.4, -0.2) is 20.7 Å². The number of nitrogens with zero attached hydrogens (tertiary/aromatic N) is 3. The minimum Gasteiger partial charge on any atom is -0.368 e. The molecule has 0 atom stereocenters. The third-order valence-electron chi connectivity index (χ3n) is 5.82. The summed E-state index contributed by atoms with van der Waals surface area (Å²) in [5.74, 6) is 0.827. The van der Waals surface area contributed by atoms with Gasteiger partial charge in [-0.2, -0.15) is 4.98 Å². The number of fused-ring (bicyclic) bond motifs is 1. The monoisotopic (exact) mass is 474 g/mol. The molecular formula is C29H26N6O. The molecule has 0 fully saturated rings. The minimum atomic E-state index is 0.0355. The Hall–Kier alpha value is -4.78. The maximum Gasteiger partial charge on any atom is 0.222 e. The second kappa shape index (κ2) is 9.84. The van der Waals surface area contributed by atoms with Crippen LogP contribution in [0.1, 0.15) is 27.2 Å². The van der Waals surface area contributed by atoms with Gasteiger partial charge in [-0.1, -0.05) is 35.9 Å². The lowest BCUT2D eigenvalue weighted by atomic mass is 10.0. The molecule has 5 rings (SSSR count). The molecule has 2 heterocycles. The van der Waals surface area contributed by atoms with Crippen molar-refractivity contribution in [2.75, 3.05) is 16.4 Å². The third kappa shape index (κ3) is 5.31. The van der Waals surface area contributed by atoms with Crippen LogP contribution in [-0.2, 0) is 6.42 Å². The van der Waals surface area contributed by atoms with Gasteiger partial charge in [0.2, 0.25) is 5.95 Å². The highest BCUT2D eigenvalue weighted by Crippen LogP contribution is 2.26. The third-order valence-corrected chi connectivity index (χ3v) is 5.82. The lowest BCUT2D eigenvalue weighted by Crippen LogP contribution is -2.05. The Labute approximate surface area is 209 Å². The van der Waals surface area contributed by atoms with Gasteiger partial charge in [0.1, 0.15) is 5.82 Å². The fourth-order valence-corrected chi connectivity index (χ4v) is 4.09. The van der Waals surface area contributed by atoms with Crippen molar-refractivity contribution in [3.05, 3.63) is 107 Å². The zero-order chi connectivity index (χ0) is 25.1. The van der Waals surface area contributed by atoms with Gasteiger partial charge in [-0.25, -0.2) is 4.98 Å². The van der Waals surface area contributed by atoms with Crippen LogP contribution in [0.3, 0.4) is 0 Å². The van der Waals surface area contributed by atoms with Crippen LogP contribution in [0.2, 0.25) is 0 Å². The van der Waals surface area contributed by atoms with E-state index in [2.05, 4.69) is 44.6 Å². The quantitative estimate of drug-likeness (QED) is 0.243. The standard InChI is InChI=1S/C29H26N6O/c1-18-6-11-25-24(14-18)26(12-13-31-25)33-22-9-7-20(8-10-22)16-27(36)21-4-3-5-23(17-21)34-28-15-19(2)32-29(30)35-28/h3-15,17H,16H2,1-2H3,(H,31,33)(H3,30,32,34,35). The average Bonchev–Trinajstić information content (AvgIpc) is 2.85. The number of pyridine rings is 1. The lowest BCUT2D eigenvalue weighted by molar-refractivity contribution is 0.0993. The summed E-state index contributed by atoms with van der Waals surface area (Å²) in [5, 5.41) is 7.74. The number of Topliss-reactive ketones (excluding diaryl/α,β-unsaturated/α-hetero) is 1. The van der Waals surface area contributed by atoms with E-state index < -0.39 is 0 Å². The van der Waals surface area contributed by atoms with Crippen LogP contribution >= 0.6 is 0 Å². The van der Waals surface area contributed by atoms with Gasteiger partial charge >= 0.3 is 0 Å². The molecule has 0 saturated heterocycles. The Morgan fingerprint density at radius 1 is 0.861 bits per heavy atom. The molecule has 2 aromatic heterocycles. The van der Waals surface area contributed by atoms with Crippen molar-refractivity contribution in [3.63, 3.8) is 0 Å². The van der Waals surface area contributed by atoms with Crippen LogP contribution in [0.5, 0.6) is 0 Å². The molecule has 5 aromatic rings. The minimum absolute atomic E-state index is 0.0355. The Bertz CT molecular complexity index is 1540. The average molecular weight is 475 g/mol. The number of anilines is 5. The summed E-state index contributed by atoms with van der Waals surface area (Å²) in [4.78, 5) is 25.7. The van der Waals surface area contributed by atoms with Crippen LogP contribution in [0.4, 0.5) is 28.8 Å². The molecule has 0 spiro atoms. The second-order valence-electron chi connectivity index (χ2n) is 8.76. The first-order chi connectivity index (χ1) is 17.4. The van der Waals surface area contributed by atoms with Gasteiger partial charge < -0.3 is 16.4 Å². The van der Waals surface area contributed by atoms with Crippen LogP contribution in [0.25, 0.3) is 10.9 Å². The predicted octanol–water partition coefficient (Wildman–Crippen LogP) is 6.14. The van der Waals surface area contributed by atoms with E-state index in [1.165, 1.54) is 5.56 Å².